The summed E-state index contributed by atoms with van der Waals surface area (Å²) in [7, 11) is 0. The minimum atomic E-state index is -2.72. The lowest BCUT2D eigenvalue weighted by Crippen LogP contribution is -2.32. The highest BCUT2D eigenvalue weighted by Gasteiger charge is 2.33. The summed E-state index contributed by atoms with van der Waals surface area (Å²) in [5.74, 6) is -2.27. The molecule has 1 fully saturated rings. The second kappa shape index (κ2) is 5.13. The third-order valence-electron chi connectivity index (χ3n) is 2.55. The Bertz CT molecular complexity index is 528. The van der Waals surface area contributed by atoms with Gasteiger partial charge >= 0.3 is 5.97 Å². The van der Waals surface area contributed by atoms with Gasteiger partial charge in [-0.15, -0.1) is 5.06 Å². The Balaban J connectivity index is 2.14. The largest absolute Gasteiger partial charge is 0.363 e. The van der Waals surface area contributed by atoms with E-state index in [9.17, 15) is 23.2 Å². The minimum Gasteiger partial charge on any atom is -0.325 e. The average molecular weight is 269 g/mol. The number of carbonyl (C=O) groups excluding carboxylic acids is 3. The van der Waals surface area contributed by atoms with Crippen LogP contribution in [0.15, 0.2) is 24.3 Å². The summed E-state index contributed by atoms with van der Waals surface area (Å²) < 4.78 is 24.9. The average Bonchev–Trinajstić information content (AvgIpc) is 2.70. The number of hydrogen-bond acceptors (Lipinski definition) is 4. The predicted octanol–water partition coefficient (Wildman–Crippen LogP) is 1.85. The number of alkyl halides is 2. The Morgan fingerprint density at radius 2 is 1.84 bits per heavy atom. The summed E-state index contributed by atoms with van der Waals surface area (Å²) in [6.45, 7) is 0. The molecule has 19 heavy (non-hydrogen) atoms. The molecule has 2 amide bonds. The van der Waals surface area contributed by atoms with Gasteiger partial charge in [0.2, 0.25) is 0 Å². The SMILES string of the molecule is O=C(ON1C(=O)CCC1=O)c1cccc(C(F)F)c1. The smallest absolute Gasteiger partial charge is 0.325 e. The molecular formula is C12H9F2NO4. The highest BCUT2D eigenvalue weighted by atomic mass is 19.3. The van der Waals surface area contributed by atoms with E-state index in [1.807, 2.05) is 0 Å². The van der Waals surface area contributed by atoms with Crippen LogP contribution < -0.4 is 0 Å². The zero-order valence-electron chi connectivity index (χ0n) is 9.64. The summed E-state index contributed by atoms with van der Waals surface area (Å²) in [6, 6.07) is 4.65. The standard InChI is InChI=1S/C12H9F2NO4/c13-11(14)7-2-1-3-8(6-7)12(18)19-15-9(16)4-5-10(15)17/h1-3,6,11H,4-5H2. The molecule has 1 aliphatic heterocycles. The van der Waals surface area contributed by atoms with Crippen LogP contribution in [0.2, 0.25) is 0 Å². The summed E-state index contributed by atoms with van der Waals surface area (Å²) in [5.41, 5.74) is -0.487. The van der Waals surface area contributed by atoms with Gasteiger partial charge in [0.05, 0.1) is 5.56 Å². The molecule has 0 saturated carbocycles. The van der Waals surface area contributed by atoms with Crippen molar-refractivity contribution in [2.45, 2.75) is 19.3 Å². The number of benzene rings is 1. The summed E-state index contributed by atoms with van der Waals surface area (Å²) in [4.78, 5) is 38.7. The first-order valence-electron chi connectivity index (χ1n) is 5.45. The lowest BCUT2D eigenvalue weighted by atomic mass is 10.1. The van der Waals surface area contributed by atoms with Gasteiger partial charge in [-0.3, -0.25) is 9.59 Å². The monoisotopic (exact) mass is 269 g/mol. The normalized spacial score (nSPS) is 15.2. The predicted molar refractivity (Wildman–Crippen MR) is 57.9 cm³/mol. The van der Waals surface area contributed by atoms with Crippen LogP contribution in [0.1, 0.15) is 35.2 Å². The molecule has 1 aromatic rings. The number of amides is 2. The maximum atomic E-state index is 12.5. The van der Waals surface area contributed by atoms with Crippen LogP contribution in [0, 0.1) is 0 Å². The molecule has 2 rings (SSSR count). The van der Waals surface area contributed by atoms with Crippen molar-refractivity contribution in [2.24, 2.45) is 0 Å². The number of hydrogen-bond donors (Lipinski definition) is 0. The third-order valence-corrected chi connectivity index (χ3v) is 2.55. The summed E-state index contributed by atoms with van der Waals surface area (Å²) in [6.07, 6.45) is -2.77. The van der Waals surface area contributed by atoms with E-state index >= 15 is 0 Å². The van der Waals surface area contributed by atoms with Gasteiger partial charge in [0.15, 0.2) is 0 Å². The molecule has 0 atom stereocenters. The zero-order chi connectivity index (χ0) is 14.0. The van der Waals surface area contributed by atoms with Crippen molar-refractivity contribution < 1.29 is 28.0 Å². The van der Waals surface area contributed by atoms with E-state index in [0.29, 0.717) is 5.06 Å². The molecular weight excluding hydrogens is 260 g/mol. The van der Waals surface area contributed by atoms with Gasteiger partial charge in [-0.1, -0.05) is 12.1 Å². The Morgan fingerprint density at radius 3 is 2.42 bits per heavy atom. The minimum absolute atomic E-state index is 0.0246. The fraction of sp³-hybridized carbons (Fsp3) is 0.250. The molecule has 7 heteroatoms. The van der Waals surface area contributed by atoms with Crippen molar-refractivity contribution in [3.63, 3.8) is 0 Å². The Morgan fingerprint density at radius 1 is 1.21 bits per heavy atom. The van der Waals surface area contributed by atoms with Crippen molar-refractivity contribution in [1.29, 1.82) is 0 Å². The van der Waals surface area contributed by atoms with Crippen LogP contribution >= 0.6 is 0 Å². The summed E-state index contributed by atoms with van der Waals surface area (Å²) >= 11 is 0. The van der Waals surface area contributed by atoms with E-state index in [2.05, 4.69) is 4.84 Å². The third kappa shape index (κ3) is 2.75. The van der Waals surface area contributed by atoms with Gasteiger partial charge in [-0.05, 0) is 12.1 Å². The number of rotatable bonds is 3. The van der Waals surface area contributed by atoms with E-state index in [4.69, 9.17) is 0 Å². The van der Waals surface area contributed by atoms with E-state index in [1.54, 1.807) is 0 Å². The molecule has 0 N–H and O–H groups in total. The van der Waals surface area contributed by atoms with Gasteiger partial charge in [0.25, 0.3) is 18.2 Å². The van der Waals surface area contributed by atoms with Gasteiger partial charge < -0.3 is 4.84 Å². The van der Waals surface area contributed by atoms with Crippen molar-refractivity contribution in [1.82, 2.24) is 5.06 Å². The quantitative estimate of drug-likeness (QED) is 0.785. The van der Waals surface area contributed by atoms with Crippen LogP contribution in [0.3, 0.4) is 0 Å². The highest BCUT2D eigenvalue weighted by Crippen LogP contribution is 2.20. The topological polar surface area (TPSA) is 63.7 Å². The van der Waals surface area contributed by atoms with Crippen LogP contribution in [0.4, 0.5) is 8.78 Å². The Kier molecular flexibility index (Phi) is 3.55. The second-order valence-electron chi connectivity index (χ2n) is 3.89. The van der Waals surface area contributed by atoms with Crippen LogP contribution in [0.5, 0.6) is 0 Å². The molecule has 0 unspecified atom stereocenters. The van der Waals surface area contributed by atoms with E-state index in [0.717, 1.165) is 12.1 Å². The fourth-order valence-corrected chi connectivity index (χ4v) is 1.59. The zero-order valence-corrected chi connectivity index (χ0v) is 9.64. The Hall–Kier alpha value is -2.31. The maximum Gasteiger partial charge on any atom is 0.363 e. The first-order valence-corrected chi connectivity index (χ1v) is 5.45. The van der Waals surface area contributed by atoms with E-state index in [1.165, 1.54) is 12.1 Å². The highest BCUT2D eigenvalue weighted by molar-refractivity contribution is 6.02. The van der Waals surface area contributed by atoms with Crippen molar-refractivity contribution in [3.8, 4) is 0 Å². The number of imide groups is 1. The van der Waals surface area contributed by atoms with Crippen molar-refractivity contribution in [3.05, 3.63) is 35.4 Å². The summed E-state index contributed by atoms with van der Waals surface area (Å²) in [5, 5.41) is 0.372. The van der Waals surface area contributed by atoms with Gasteiger partial charge in [-0.25, -0.2) is 13.6 Å². The number of nitrogens with zero attached hydrogens (tertiary/aromatic N) is 1. The molecule has 100 valence electrons. The molecule has 5 nitrogen and oxygen atoms in total. The number of carbonyl (C=O) groups is 3. The first-order chi connectivity index (χ1) is 8.99. The first kappa shape index (κ1) is 13.1. The molecule has 1 aromatic carbocycles. The molecule has 0 bridgehead atoms. The molecule has 1 heterocycles. The lowest BCUT2D eigenvalue weighted by molar-refractivity contribution is -0.172. The molecule has 1 saturated heterocycles. The van der Waals surface area contributed by atoms with Crippen LogP contribution in [-0.2, 0) is 14.4 Å². The number of hydroxylamine groups is 2. The van der Waals surface area contributed by atoms with Gasteiger partial charge in [-0.2, -0.15) is 0 Å². The molecule has 0 spiro atoms. The maximum absolute atomic E-state index is 12.5. The van der Waals surface area contributed by atoms with Gasteiger partial charge in [0, 0.05) is 18.4 Å². The second-order valence-corrected chi connectivity index (χ2v) is 3.89. The number of halogens is 2. The van der Waals surface area contributed by atoms with E-state index in [-0.39, 0.29) is 24.0 Å². The fourth-order valence-electron chi connectivity index (χ4n) is 1.59. The molecule has 0 aliphatic carbocycles. The lowest BCUT2D eigenvalue weighted by Gasteiger charge is -2.12. The molecule has 0 radical (unpaired) electrons. The van der Waals surface area contributed by atoms with Crippen LogP contribution in [-0.4, -0.2) is 22.8 Å². The van der Waals surface area contributed by atoms with Gasteiger partial charge in [0.1, 0.15) is 0 Å². The Labute approximate surface area is 106 Å². The molecule has 1 aliphatic rings. The van der Waals surface area contributed by atoms with E-state index < -0.39 is 24.2 Å². The van der Waals surface area contributed by atoms with Crippen molar-refractivity contribution in [2.75, 3.05) is 0 Å². The molecule has 0 aromatic heterocycles. The van der Waals surface area contributed by atoms with Crippen LogP contribution in [0.25, 0.3) is 0 Å². The van der Waals surface area contributed by atoms with Crippen molar-refractivity contribution >= 4 is 17.8 Å².